The number of benzene rings is 2. The van der Waals surface area contributed by atoms with Crippen LogP contribution in [-0.2, 0) is 17.1 Å². The van der Waals surface area contributed by atoms with Crippen molar-refractivity contribution in [1.29, 1.82) is 0 Å². The summed E-state index contributed by atoms with van der Waals surface area (Å²) in [5.41, 5.74) is 2.94. The number of sulfonamides is 1. The number of aryl methyl sites for hydroxylation is 2. The molecule has 1 aliphatic rings. The van der Waals surface area contributed by atoms with Crippen LogP contribution < -0.4 is 5.32 Å². The minimum atomic E-state index is -3.71. The Morgan fingerprint density at radius 3 is 2.55 bits per heavy atom. The van der Waals surface area contributed by atoms with E-state index in [2.05, 4.69) is 10.3 Å². The molecule has 1 aliphatic heterocycles. The first-order chi connectivity index (χ1) is 13.8. The van der Waals surface area contributed by atoms with Gasteiger partial charge >= 0.3 is 0 Å². The summed E-state index contributed by atoms with van der Waals surface area (Å²) >= 11 is 0. The van der Waals surface area contributed by atoms with Gasteiger partial charge in [0.1, 0.15) is 5.82 Å². The van der Waals surface area contributed by atoms with Crippen LogP contribution in [-0.4, -0.2) is 41.4 Å². The van der Waals surface area contributed by atoms with Crippen molar-refractivity contribution in [3.05, 3.63) is 78.0 Å². The van der Waals surface area contributed by atoms with Gasteiger partial charge in [0.25, 0.3) is 10.0 Å². The molecule has 3 aromatic rings. The predicted molar refractivity (Wildman–Crippen MR) is 110 cm³/mol. The zero-order chi connectivity index (χ0) is 20.6. The molecule has 4 rings (SSSR count). The molecule has 0 unspecified atom stereocenters. The van der Waals surface area contributed by atoms with Crippen LogP contribution in [0.1, 0.15) is 17.0 Å². The molecule has 1 N–H and O–H groups in total. The van der Waals surface area contributed by atoms with Gasteiger partial charge < -0.3 is 9.88 Å². The van der Waals surface area contributed by atoms with Gasteiger partial charge in [-0.1, -0.05) is 24.3 Å². The van der Waals surface area contributed by atoms with Gasteiger partial charge in [0.2, 0.25) is 0 Å². The number of aromatic nitrogens is 2. The first kappa shape index (κ1) is 19.6. The number of rotatable bonds is 5. The molecule has 0 aliphatic carbocycles. The van der Waals surface area contributed by atoms with Crippen LogP contribution in [0.2, 0.25) is 0 Å². The average Bonchev–Trinajstić information content (AvgIpc) is 3.30. The highest BCUT2D eigenvalue weighted by Gasteiger charge is 2.41. The van der Waals surface area contributed by atoms with Crippen molar-refractivity contribution in [2.75, 3.05) is 18.4 Å². The van der Waals surface area contributed by atoms with Crippen LogP contribution in [0.15, 0.2) is 66.1 Å². The van der Waals surface area contributed by atoms with Crippen LogP contribution in [0.25, 0.3) is 0 Å². The molecule has 0 radical (unpaired) electrons. The Labute approximate surface area is 170 Å². The molecular weight excluding hydrogens is 391 g/mol. The highest BCUT2D eigenvalue weighted by molar-refractivity contribution is 7.89. The molecule has 29 heavy (non-hydrogen) atoms. The van der Waals surface area contributed by atoms with Crippen molar-refractivity contribution in [3.8, 4) is 0 Å². The summed E-state index contributed by atoms with van der Waals surface area (Å²) in [4.78, 5) is 4.03. The largest absolute Gasteiger partial charge is 0.380 e. The van der Waals surface area contributed by atoms with Gasteiger partial charge in [0.05, 0.1) is 6.33 Å². The van der Waals surface area contributed by atoms with Crippen molar-refractivity contribution in [2.45, 2.75) is 23.9 Å². The molecule has 8 heteroatoms. The Morgan fingerprint density at radius 2 is 1.90 bits per heavy atom. The Bertz CT molecular complexity index is 1110. The number of hydrogen-bond acceptors (Lipinski definition) is 4. The molecule has 6 nitrogen and oxygen atoms in total. The van der Waals surface area contributed by atoms with Gasteiger partial charge in [-0.2, -0.15) is 4.31 Å². The summed E-state index contributed by atoms with van der Waals surface area (Å²) in [5, 5.41) is 3.51. The Hall–Kier alpha value is -2.71. The smallest absolute Gasteiger partial charge is 0.262 e. The maximum absolute atomic E-state index is 13.4. The molecule has 0 amide bonds. The van der Waals surface area contributed by atoms with Crippen LogP contribution in [0.4, 0.5) is 10.1 Å². The maximum Gasteiger partial charge on any atom is 0.262 e. The molecule has 2 aromatic carbocycles. The lowest BCUT2D eigenvalue weighted by molar-refractivity contribution is 0.468. The highest BCUT2D eigenvalue weighted by Crippen LogP contribution is 2.33. The normalized spacial score (nSPS) is 20.1. The zero-order valence-corrected chi connectivity index (χ0v) is 17.1. The molecule has 0 saturated carbocycles. The number of halogens is 1. The van der Waals surface area contributed by atoms with Crippen molar-refractivity contribution in [3.63, 3.8) is 0 Å². The van der Waals surface area contributed by atoms with E-state index in [1.54, 1.807) is 23.7 Å². The Kier molecular flexibility index (Phi) is 5.14. The summed E-state index contributed by atoms with van der Waals surface area (Å²) in [6.07, 6.45) is 2.98. The van der Waals surface area contributed by atoms with Crippen molar-refractivity contribution in [2.24, 2.45) is 7.05 Å². The van der Waals surface area contributed by atoms with E-state index < -0.39 is 10.0 Å². The molecule has 2 heterocycles. The second-order valence-corrected chi connectivity index (χ2v) is 9.36. The van der Waals surface area contributed by atoms with Crippen molar-refractivity contribution < 1.29 is 12.8 Å². The van der Waals surface area contributed by atoms with Gasteiger partial charge in [0, 0.05) is 44.0 Å². The molecule has 152 valence electrons. The topological polar surface area (TPSA) is 67.2 Å². The van der Waals surface area contributed by atoms with Crippen LogP contribution >= 0.6 is 0 Å². The fraction of sp³-hybridized carbons (Fsp3) is 0.286. The monoisotopic (exact) mass is 414 g/mol. The average molecular weight is 415 g/mol. The number of imidazole rings is 1. The van der Waals surface area contributed by atoms with Crippen molar-refractivity contribution in [1.82, 2.24) is 13.9 Å². The fourth-order valence-corrected chi connectivity index (χ4v) is 5.22. The molecule has 0 spiro atoms. The summed E-state index contributed by atoms with van der Waals surface area (Å²) in [6, 6.07) is 14.1. The summed E-state index contributed by atoms with van der Waals surface area (Å²) < 4.78 is 42.7. The molecule has 0 bridgehead atoms. The van der Waals surface area contributed by atoms with Gasteiger partial charge in [-0.05, 0) is 42.3 Å². The standard InChI is InChI=1S/C21H23FN4O2S/c1-15-4-3-5-18(10-15)24-20-12-26(29(27,28)21-13-25(2)14-23-21)11-19(20)16-6-8-17(22)9-7-16/h3-10,13-14,19-20,24H,11-12H2,1-2H3/t19-,20+/m0/s1. The van der Waals surface area contributed by atoms with Crippen LogP contribution in [0.3, 0.4) is 0 Å². The predicted octanol–water partition coefficient (Wildman–Crippen LogP) is 3.14. The molecular formula is C21H23FN4O2S. The third-order valence-corrected chi connectivity index (χ3v) is 6.96. The Balaban J connectivity index is 1.66. The number of hydrogen-bond donors (Lipinski definition) is 1. The van der Waals surface area contributed by atoms with Gasteiger partial charge in [-0.25, -0.2) is 17.8 Å². The third kappa shape index (κ3) is 4.04. The number of nitrogens with zero attached hydrogens (tertiary/aromatic N) is 3. The van der Waals surface area contributed by atoms with E-state index in [4.69, 9.17) is 0 Å². The third-order valence-electron chi connectivity index (χ3n) is 5.24. The minimum absolute atomic E-state index is 0.0362. The van der Waals surface area contributed by atoms with E-state index in [1.165, 1.54) is 29.0 Å². The molecule has 1 fully saturated rings. The fourth-order valence-electron chi connectivity index (χ4n) is 3.76. The van der Waals surface area contributed by atoms with E-state index >= 15 is 0 Å². The molecule has 1 aromatic heterocycles. The number of anilines is 1. The van der Waals surface area contributed by atoms with E-state index in [0.29, 0.717) is 13.1 Å². The second-order valence-electron chi connectivity index (χ2n) is 7.48. The van der Waals surface area contributed by atoms with Gasteiger partial charge in [0.15, 0.2) is 5.03 Å². The van der Waals surface area contributed by atoms with E-state index in [-0.39, 0.29) is 22.8 Å². The van der Waals surface area contributed by atoms with Crippen LogP contribution in [0.5, 0.6) is 0 Å². The maximum atomic E-state index is 13.4. The quantitative estimate of drug-likeness (QED) is 0.697. The lowest BCUT2D eigenvalue weighted by atomic mass is 9.94. The first-order valence-corrected chi connectivity index (χ1v) is 10.8. The first-order valence-electron chi connectivity index (χ1n) is 9.40. The highest BCUT2D eigenvalue weighted by atomic mass is 32.2. The molecule has 2 atom stereocenters. The summed E-state index contributed by atoms with van der Waals surface area (Å²) in [5.74, 6) is -0.428. The SMILES string of the molecule is Cc1cccc(N[C@@H]2CN(S(=O)(=O)c3cn(C)cn3)C[C@H]2c2ccc(F)cc2)c1. The summed E-state index contributed by atoms with van der Waals surface area (Å²) in [6.45, 7) is 2.61. The second kappa shape index (κ2) is 7.61. The number of nitrogens with one attached hydrogen (secondary N) is 1. The van der Waals surface area contributed by atoms with Gasteiger partial charge in [-0.15, -0.1) is 0 Å². The Morgan fingerprint density at radius 1 is 1.14 bits per heavy atom. The van der Waals surface area contributed by atoms with E-state index in [9.17, 15) is 12.8 Å². The van der Waals surface area contributed by atoms with Gasteiger partial charge in [-0.3, -0.25) is 0 Å². The lowest BCUT2D eigenvalue weighted by Crippen LogP contribution is -2.32. The van der Waals surface area contributed by atoms with Crippen molar-refractivity contribution >= 4 is 15.7 Å². The zero-order valence-electron chi connectivity index (χ0n) is 16.3. The summed E-state index contributed by atoms with van der Waals surface area (Å²) in [7, 11) is -1.98. The lowest BCUT2D eigenvalue weighted by Gasteiger charge is -2.21. The molecule has 1 saturated heterocycles. The minimum Gasteiger partial charge on any atom is -0.380 e. The van der Waals surface area contributed by atoms with E-state index in [0.717, 1.165) is 16.8 Å². The van der Waals surface area contributed by atoms with E-state index in [1.807, 2.05) is 31.2 Å². The van der Waals surface area contributed by atoms with Crippen LogP contribution in [0, 0.1) is 12.7 Å².